The van der Waals surface area contributed by atoms with Crippen molar-refractivity contribution in [3.05, 3.63) is 58.6 Å². The van der Waals surface area contributed by atoms with Crippen molar-refractivity contribution in [2.45, 2.75) is 50.4 Å². The Labute approximate surface area is 180 Å². The number of aliphatic hydroxyl groups excluding tert-OH is 1. The highest BCUT2D eigenvalue weighted by molar-refractivity contribution is 7.09. The van der Waals surface area contributed by atoms with E-state index < -0.39 is 12.1 Å². The number of hydrogen-bond donors (Lipinski definition) is 2. The molecule has 2 N–H and O–H groups in total. The topological polar surface area (TPSA) is 88.9 Å². The average Bonchev–Trinajstić information content (AvgIpc) is 3.36. The normalized spacial score (nSPS) is 28.5. The maximum atomic E-state index is 11.1. The molecule has 5 atom stereocenters. The number of aliphatic hydroxyl groups is 1. The maximum absolute atomic E-state index is 11.1. The number of carboxylic acids is 1. The second kappa shape index (κ2) is 9.73. The molecule has 2 aromatic rings. The van der Waals surface area contributed by atoms with E-state index in [0.717, 1.165) is 36.4 Å². The number of nitrogens with zero attached hydrogens (tertiary/aromatic N) is 1. The lowest BCUT2D eigenvalue weighted by Gasteiger charge is -2.33. The molecular formula is C23H27NO5S. The first-order valence-corrected chi connectivity index (χ1v) is 11.4. The number of carbonyl (C=O) groups is 1. The summed E-state index contributed by atoms with van der Waals surface area (Å²) >= 11 is 1.33. The first kappa shape index (κ1) is 21.0. The van der Waals surface area contributed by atoms with E-state index in [4.69, 9.17) is 14.6 Å². The van der Waals surface area contributed by atoms with Crippen LogP contribution in [0, 0.1) is 11.8 Å². The van der Waals surface area contributed by atoms with Gasteiger partial charge in [-0.25, -0.2) is 9.78 Å². The van der Waals surface area contributed by atoms with E-state index in [1.54, 1.807) is 5.38 Å². The van der Waals surface area contributed by atoms with E-state index in [1.165, 1.54) is 11.3 Å². The molecule has 1 saturated heterocycles. The molecule has 1 saturated carbocycles. The van der Waals surface area contributed by atoms with Gasteiger partial charge in [-0.05, 0) is 43.7 Å². The average molecular weight is 430 g/mol. The lowest BCUT2D eigenvalue weighted by Crippen LogP contribution is -2.29. The minimum Gasteiger partial charge on any atom is -0.494 e. The van der Waals surface area contributed by atoms with Gasteiger partial charge in [0.15, 0.2) is 5.69 Å². The number of thiazole rings is 1. The van der Waals surface area contributed by atoms with E-state index in [2.05, 4.69) is 17.1 Å². The largest absolute Gasteiger partial charge is 0.494 e. The fourth-order valence-corrected chi connectivity index (χ4v) is 5.27. The van der Waals surface area contributed by atoms with Crippen molar-refractivity contribution >= 4 is 17.3 Å². The first-order chi connectivity index (χ1) is 14.6. The summed E-state index contributed by atoms with van der Waals surface area (Å²) in [7, 11) is 0. The fourth-order valence-electron chi connectivity index (χ4n) is 4.41. The zero-order valence-electron chi connectivity index (χ0n) is 16.7. The second-order valence-electron chi connectivity index (χ2n) is 7.89. The number of aromatic carboxylic acids is 1. The number of allylic oxidation sites excluding steroid dienone is 1. The fraction of sp³-hybridized carbons (Fsp3) is 0.478. The molecule has 0 radical (unpaired) electrons. The number of unbranched alkanes of at least 4 members (excludes halogenated alkanes) is 1. The van der Waals surface area contributed by atoms with Crippen LogP contribution in [0.4, 0.5) is 0 Å². The van der Waals surface area contributed by atoms with Crippen LogP contribution in [0.25, 0.3) is 0 Å². The molecule has 2 heterocycles. The van der Waals surface area contributed by atoms with Crippen LogP contribution in [0.3, 0.4) is 0 Å². The minimum atomic E-state index is -1.01. The number of para-hydroxylation sites is 1. The summed E-state index contributed by atoms with van der Waals surface area (Å²) in [6.07, 6.45) is 7.91. The quantitative estimate of drug-likeness (QED) is 0.475. The van der Waals surface area contributed by atoms with Crippen molar-refractivity contribution in [1.29, 1.82) is 0 Å². The van der Waals surface area contributed by atoms with Crippen LogP contribution in [0.15, 0.2) is 47.9 Å². The third kappa shape index (κ3) is 4.91. The minimum absolute atomic E-state index is 0.00741. The SMILES string of the molecule is O=C(O)c1csc([C@H]2CC[C@@H]3[C@@H](/C=C/CCCOc4ccccc4)[C@H](O)C[C@@H]3O2)n1. The molecule has 4 rings (SSSR count). The molecule has 0 amide bonds. The molecule has 6 nitrogen and oxygen atoms in total. The summed E-state index contributed by atoms with van der Waals surface area (Å²) < 4.78 is 11.9. The Bertz CT molecular complexity index is 867. The van der Waals surface area contributed by atoms with Gasteiger partial charge in [0.2, 0.25) is 0 Å². The third-order valence-electron chi connectivity index (χ3n) is 5.89. The van der Waals surface area contributed by atoms with E-state index in [9.17, 15) is 9.90 Å². The summed E-state index contributed by atoms with van der Waals surface area (Å²) in [5, 5.41) is 21.9. The molecule has 7 heteroatoms. The van der Waals surface area contributed by atoms with Crippen molar-refractivity contribution in [1.82, 2.24) is 4.98 Å². The van der Waals surface area contributed by atoms with Gasteiger partial charge in [0.1, 0.15) is 16.9 Å². The van der Waals surface area contributed by atoms with Gasteiger partial charge < -0.3 is 19.7 Å². The molecule has 1 aliphatic carbocycles. The molecule has 30 heavy (non-hydrogen) atoms. The summed E-state index contributed by atoms with van der Waals surface area (Å²) in [6, 6.07) is 9.80. The van der Waals surface area contributed by atoms with Crippen LogP contribution in [0.2, 0.25) is 0 Å². The molecule has 2 fully saturated rings. The van der Waals surface area contributed by atoms with Crippen molar-refractivity contribution in [3.63, 3.8) is 0 Å². The Morgan fingerprint density at radius 3 is 2.90 bits per heavy atom. The number of ether oxygens (including phenoxy) is 2. The van der Waals surface area contributed by atoms with Crippen molar-refractivity contribution in [2.75, 3.05) is 6.61 Å². The molecule has 2 aliphatic rings. The molecule has 0 bridgehead atoms. The van der Waals surface area contributed by atoms with Crippen LogP contribution in [-0.4, -0.2) is 40.0 Å². The summed E-state index contributed by atoms with van der Waals surface area (Å²) in [5.74, 6) is 0.283. The van der Waals surface area contributed by atoms with Crippen LogP contribution < -0.4 is 4.74 Å². The summed E-state index contributed by atoms with van der Waals surface area (Å²) in [5.41, 5.74) is 0.0734. The van der Waals surface area contributed by atoms with E-state index >= 15 is 0 Å². The highest BCUT2D eigenvalue weighted by Crippen LogP contribution is 2.46. The van der Waals surface area contributed by atoms with Gasteiger partial charge in [-0.3, -0.25) is 0 Å². The second-order valence-corrected chi connectivity index (χ2v) is 8.78. The maximum Gasteiger partial charge on any atom is 0.355 e. The van der Waals surface area contributed by atoms with Crippen LogP contribution in [-0.2, 0) is 4.74 Å². The van der Waals surface area contributed by atoms with Crippen molar-refractivity contribution in [3.8, 4) is 5.75 Å². The number of benzene rings is 1. The van der Waals surface area contributed by atoms with Gasteiger partial charge in [-0.2, -0.15) is 0 Å². The Morgan fingerprint density at radius 1 is 1.30 bits per heavy atom. The lowest BCUT2D eigenvalue weighted by atomic mass is 9.86. The van der Waals surface area contributed by atoms with Gasteiger partial charge in [-0.1, -0.05) is 30.4 Å². The third-order valence-corrected chi connectivity index (χ3v) is 6.83. The zero-order valence-corrected chi connectivity index (χ0v) is 17.5. The Balaban J connectivity index is 1.25. The molecule has 0 unspecified atom stereocenters. The Kier molecular flexibility index (Phi) is 6.82. The van der Waals surface area contributed by atoms with E-state index in [-0.39, 0.29) is 23.8 Å². The van der Waals surface area contributed by atoms with Gasteiger partial charge in [0.25, 0.3) is 0 Å². The smallest absolute Gasteiger partial charge is 0.355 e. The number of carboxylic acid groups (broad SMARTS) is 1. The highest BCUT2D eigenvalue weighted by Gasteiger charge is 2.45. The number of aromatic nitrogens is 1. The molecule has 160 valence electrons. The first-order valence-electron chi connectivity index (χ1n) is 10.5. The monoisotopic (exact) mass is 429 g/mol. The molecule has 1 aliphatic heterocycles. The number of fused-ring (bicyclic) bond motifs is 1. The van der Waals surface area contributed by atoms with E-state index in [1.807, 2.05) is 30.3 Å². The highest BCUT2D eigenvalue weighted by atomic mass is 32.1. The predicted octanol–water partition coefficient (Wildman–Crippen LogP) is 4.47. The zero-order chi connectivity index (χ0) is 20.9. The van der Waals surface area contributed by atoms with E-state index in [0.29, 0.717) is 18.9 Å². The number of rotatable bonds is 8. The van der Waals surface area contributed by atoms with Crippen LogP contribution >= 0.6 is 11.3 Å². The standard InChI is InChI=1S/C23H27NO5S/c25-19-13-21-17(10-11-20(29-21)22-24-18(14-30-22)23(26)27)16(19)9-5-2-6-12-28-15-7-3-1-4-8-15/h1,3-5,7-9,14,16-17,19-21,25H,2,6,10-13H2,(H,26,27)/b9-5+/t16-,17-,19-,20-,21+/m1/s1. The number of hydrogen-bond acceptors (Lipinski definition) is 6. The van der Waals surface area contributed by atoms with Gasteiger partial charge >= 0.3 is 5.97 Å². The molecular weight excluding hydrogens is 402 g/mol. The predicted molar refractivity (Wildman–Crippen MR) is 114 cm³/mol. The van der Waals surface area contributed by atoms with Crippen molar-refractivity contribution in [2.24, 2.45) is 11.8 Å². The molecule has 0 spiro atoms. The summed E-state index contributed by atoms with van der Waals surface area (Å²) in [6.45, 7) is 0.671. The van der Waals surface area contributed by atoms with Crippen LogP contribution in [0.5, 0.6) is 5.75 Å². The van der Waals surface area contributed by atoms with Gasteiger partial charge in [0, 0.05) is 17.7 Å². The van der Waals surface area contributed by atoms with Crippen molar-refractivity contribution < 1.29 is 24.5 Å². The van der Waals surface area contributed by atoms with Gasteiger partial charge in [0.05, 0.1) is 18.8 Å². The summed E-state index contributed by atoms with van der Waals surface area (Å²) in [4.78, 5) is 15.3. The van der Waals surface area contributed by atoms with Gasteiger partial charge in [-0.15, -0.1) is 11.3 Å². The van der Waals surface area contributed by atoms with Crippen LogP contribution in [0.1, 0.15) is 53.7 Å². The molecule has 1 aromatic carbocycles. The Morgan fingerprint density at radius 2 is 2.13 bits per heavy atom. The Hall–Kier alpha value is -2.22. The lowest BCUT2D eigenvalue weighted by molar-refractivity contribution is -0.0767. The molecule has 1 aromatic heterocycles.